The lowest BCUT2D eigenvalue weighted by Crippen LogP contribution is -2.45. The van der Waals surface area contributed by atoms with E-state index in [2.05, 4.69) is 10.3 Å². The van der Waals surface area contributed by atoms with Crippen LogP contribution in [0, 0.1) is 19.8 Å². The second-order valence-electron chi connectivity index (χ2n) is 7.78. The minimum atomic E-state index is -0.440. The van der Waals surface area contributed by atoms with Crippen molar-refractivity contribution in [2.45, 2.75) is 40.2 Å². The molecule has 7 nitrogen and oxygen atoms in total. The Balaban J connectivity index is 1.66. The first-order valence-corrected chi connectivity index (χ1v) is 10.9. The number of aromatic nitrogens is 1. The van der Waals surface area contributed by atoms with E-state index in [0.717, 1.165) is 18.4 Å². The number of piperidine rings is 1. The third-order valence-corrected chi connectivity index (χ3v) is 5.80. The molecule has 1 fully saturated rings. The predicted molar refractivity (Wildman–Crippen MR) is 118 cm³/mol. The Morgan fingerprint density at radius 3 is 2.77 bits per heavy atom. The van der Waals surface area contributed by atoms with Crippen molar-refractivity contribution in [1.29, 1.82) is 0 Å². The van der Waals surface area contributed by atoms with E-state index in [9.17, 15) is 14.4 Å². The van der Waals surface area contributed by atoms with E-state index in [-0.39, 0.29) is 24.3 Å². The van der Waals surface area contributed by atoms with Crippen LogP contribution >= 0.6 is 11.6 Å². The van der Waals surface area contributed by atoms with E-state index in [4.69, 9.17) is 16.3 Å². The van der Waals surface area contributed by atoms with Crippen LogP contribution in [0.2, 0.25) is 5.02 Å². The summed E-state index contributed by atoms with van der Waals surface area (Å²) in [6, 6.07) is 7.35. The molecule has 2 amide bonds. The Kier molecular flexibility index (Phi) is 7.38. The number of likely N-dealkylation sites (tertiary alicyclic amines) is 1. The van der Waals surface area contributed by atoms with Crippen LogP contribution in [-0.4, -0.2) is 47.4 Å². The van der Waals surface area contributed by atoms with Crippen molar-refractivity contribution in [3.63, 3.8) is 0 Å². The van der Waals surface area contributed by atoms with Gasteiger partial charge in [0.25, 0.3) is 5.91 Å². The summed E-state index contributed by atoms with van der Waals surface area (Å²) in [6.45, 7) is 6.80. The van der Waals surface area contributed by atoms with Crippen molar-refractivity contribution >= 4 is 29.4 Å². The number of benzene rings is 1. The highest BCUT2D eigenvalue weighted by Crippen LogP contribution is 2.24. The van der Waals surface area contributed by atoms with E-state index >= 15 is 0 Å². The molecule has 1 saturated heterocycles. The first kappa shape index (κ1) is 22.9. The summed E-state index contributed by atoms with van der Waals surface area (Å²) < 4.78 is 5.10. The molecule has 2 aromatic rings. The summed E-state index contributed by atoms with van der Waals surface area (Å²) in [5, 5.41) is 3.57. The number of halogens is 1. The molecule has 0 saturated carbocycles. The van der Waals surface area contributed by atoms with Crippen LogP contribution in [0.3, 0.4) is 0 Å². The largest absolute Gasteiger partial charge is 0.462 e. The van der Waals surface area contributed by atoms with Gasteiger partial charge >= 0.3 is 5.97 Å². The number of aromatic amines is 1. The Labute approximate surface area is 187 Å². The Morgan fingerprint density at radius 1 is 1.29 bits per heavy atom. The minimum absolute atomic E-state index is 0.0796. The fourth-order valence-corrected chi connectivity index (χ4v) is 4.20. The SMILES string of the molecule is CCOC(=O)c1c(C)[nH]c(C(=O)N2CCC[C@@H](C(=O)NCc3cccc(Cl)c3)C2)c1C. The van der Waals surface area contributed by atoms with Gasteiger partial charge in [-0.25, -0.2) is 4.79 Å². The van der Waals surface area contributed by atoms with Crippen LogP contribution < -0.4 is 5.32 Å². The number of nitrogens with zero attached hydrogens (tertiary/aromatic N) is 1. The molecule has 8 heteroatoms. The lowest BCUT2D eigenvalue weighted by Gasteiger charge is -2.32. The highest BCUT2D eigenvalue weighted by atomic mass is 35.5. The van der Waals surface area contributed by atoms with Gasteiger partial charge in [0.05, 0.1) is 18.1 Å². The number of nitrogens with one attached hydrogen (secondary N) is 2. The second kappa shape index (κ2) is 10.0. The number of amides is 2. The molecule has 1 aromatic carbocycles. The molecule has 0 aliphatic carbocycles. The summed E-state index contributed by atoms with van der Waals surface area (Å²) >= 11 is 5.99. The molecule has 1 aliphatic heterocycles. The summed E-state index contributed by atoms with van der Waals surface area (Å²) in [7, 11) is 0. The Bertz CT molecular complexity index is 985. The average Bonchev–Trinajstić information content (AvgIpc) is 3.05. The lowest BCUT2D eigenvalue weighted by atomic mass is 9.96. The van der Waals surface area contributed by atoms with Gasteiger partial charge < -0.3 is 19.9 Å². The third-order valence-electron chi connectivity index (χ3n) is 5.57. The van der Waals surface area contributed by atoms with Crippen LogP contribution in [0.4, 0.5) is 0 Å². The Hall–Kier alpha value is -2.80. The lowest BCUT2D eigenvalue weighted by molar-refractivity contribution is -0.126. The van der Waals surface area contributed by atoms with Crippen molar-refractivity contribution < 1.29 is 19.1 Å². The van der Waals surface area contributed by atoms with Crippen LogP contribution in [0.25, 0.3) is 0 Å². The molecular formula is C23H28ClN3O4. The first-order chi connectivity index (χ1) is 14.8. The van der Waals surface area contributed by atoms with E-state index < -0.39 is 5.97 Å². The van der Waals surface area contributed by atoms with Gasteiger partial charge in [-0.15, -0.1) is 0 Å². The maximum atomic E-state index is 13.1. The maximum absolute atomic E-state index is 13.1. The highest BCUT2D eigenvalue weighted by molar-refractivity contribution is 6.30. The molecule has 31 heavy (non-hydrogen) atoms. The molecule has 1 aromatic heterocycles. The summed E-state index contributed by atoms with van der Waals surface area (Å²) in [6.07, 6.45) is 1.46. The van der Waals surface area contributed by atoms with E-state index in [1.54, 1.807) is 31.7 Å². The summed E-state index contributed by atoms with van der Waals surface area (Å²) in [4.78, 5) is 42.8. The van der Waals surface area contributed by atoms with Crippen molar-refractivity contribution in [2.75, 3.05) is 19.7 Å². The quantitative estimate of drug-likeness (QED) is 0.664. The number of H-pyrrole nitrogens is 1. The monoisotopic (exact) mass is 445 g/mol. The Morgan fingerprint density at radius 2 is 2.06 bits per heavy atom. The molecule has 0 unspecified atom stereocenters. The van der Waals surface area contributed by atoms with Gasteiger partial charge in [-0.1, -0.05) is 23.7 Å². The molecule has 0 bridgehead atoms. The summed E-state index contributed by atoms with van der Waals surface area (Å²) in [5.41, 5.74) is 2.88. The fraction of sp³-hybridized carbons (Fsp3) is 0.435. The van der Waals surface area contributed by atoms with E-state index in [1.807, 2.05) is 18.2 Å². The first-order valence-electron chi connectivity index (χ1n) is 10.5. The van der Waals surface area contributed by atoms with Crippen LogP contribution in [0.5, 0.6) is 0 Å². The number of carbonyl (C=O) groups excluding carboxylic acids is 3. The molecule has 2 N–H and O–H groups in total. The number of hydrogen-bond donors (Lipinski definition) is 2. The van der Waals surface area contributed by atoms with Gasteiger partial charge in [0.1, 0.15) is 5.69 Å². The predicted octanol–water partition coefficient (Wildman–Crippen LogP) is 3.63. The van der Waals surface area contributed by atoms with Gasteiger partial charge in [-0.3, -0.25) is 9.59 Å². The zero-order valence-corrected chi connectivity index (χ0v) is 18.8. The molecule has 166 valence electrons. The van der Waals surface area contributed by atoms with Crippen LogP contribution in [-0.2, 0) is 16.1 Å². The molecular weight excluding hydrogens is 418 g/mol. The zero-order valence-electron chi connectivity index (χ0n) is 18.1. The van der Waals surface area contributed by atoms with E-state index in [1.165, 1.54) is 0 Å². The van der Waals surface area contributed by atoms with Gasteiger partial charge in [0, 0.05) is 30.4 Å². The van der Waals surface area contributed by atoms with Gasteiger partial charge in [-0.05, 0) is 56.9 Å². The summed E-state index contributed by atoms with van der Waals surface area (Å²) in [5.74, 6) is -1.00. The zero-order chi connectivity index (χ0) is 22.5. The third kappa shape index (κ3) is 5.28. The van der Waals surface area contributed by atoms with Gasteiger partial charge in [-0.2, -0.15) is 0 Å². The minimum Gasteiger partial charge on any atom is -0.462 e. The van der Waals surface area contributed by atoms with Crippen molar-refractivity contribution in [2.24, 2.45) is 5.92 Å². The molecule has 2 heterocycles. The molecule has 1 atom stereocenters. The van der Waals surface area contributed by atoms with Crippen molar-refractivity contribution in [3.8, 4) is 0 Å². The number of carbonyl (C=O) groups is 3. The number of hydrogen-bond acceptors (Lipinski definition) is 4. The van der Waals surface area contributed by atoms with Gasteiger partial charge in [0.2, 0.25) is 5.91 Å². The van der Waals surface area contributed by atoms with E-state index in [0.29, 0.717) is 47.2 Å². The second-order valence-corrected chi connectivity index (χ2v) is 8.22. The van der Waals surface area contributed by atoms with Crippen molar-refractivity contribution in [3.05, 3.63) is 57.4 Å². The standard InChI is InChI=1S/C23H28ClN3O4/c1-4-31-23(30)19-14(2)20(26-15(19)3)22(29)27-10-6-8-17(13-27)21(28)25-12-16-7-5-9-18(24)11-16/h5,7,9,11,17,26H,4,6,8,10,12-13H2,1-3H3,(H,25,28)/t17-/m1/s1. The van der Waals surface area contributed by atoms with Crippen LogP contribution in [0.15, 0.2) is 24.3 Å². The number of ether oxygens (including phenoxy) is 1. The molecule has 0 spiro atoms. The maximum Gasteiger partial charge on any atom is 0.340 e. The smallest absolute Gasteiger partial charge is 0.340 e. The normalized spacial score (nSPS) is 16.1. The van der Waals surface area contributed by atoms with Gasteiger partial charge in [0.15, 0.2) is 0 Å². The topological polar surface area (TPSA) is 91.5 Å². The van der Waals surface area contributed by atoms with Crippen LogP contribution in [0.1, 0.15) is 57.4 Å². The average molecular weight is 446 g/mol. The number of esters is 1. The highest BCUT2D eigenvalue weighted by Gasteiger charge is 2.31. The molecule has 0 radical (unpaired) electrons. The number of aryl methyl sites for hydroxylation is 1. The molecule has 3 rings (SSSR count). The fourth-order valence-electron chi connectivity index (χ4n) is 3.99. The number of rotatable bonds is 6. The van der Waals surface area contributed by atoms with Crippen molar-refractivity contribution in [1.82, 2.24) is 15.2 Å². The molecule has 1 aliphatic rings.